The first-order valence-electron chi connectivity index (χ1n) is 9.00. The molecule has 1 saturated heterocycles. The molecule has 2 amide bonds. The molecule has 144 valence electrons. The molecule has 0 saturated carbocycles. The van der Waals surface area contributed by atoms with E-state index in [9.17, 15) is 13.2 Å². The van der Waals surface area contributed by atoms with Crippen LogP contribution in [0.15, 0.2) is 21.6 Å². The van der Waals surface area contributed by atoms with E-state index in [0.717, 1.165) is 19.3 Å². The molecule has 1 fully saturated rings. The number of nitrogens with zero attached hydrogens (tertiary/aromatic N) is 3. The van der Waals surface area contributed by atoms with Crippen molar-refractivity contribution in [2.75, 3.05) is 32.7 Å². The normalized spacial score (nSPS) is 21.8. The second-order valence-corrected chi connectivity index (χ2v) is 8.76. The lowest BCUT2D eigenvalue weighted by atomic mass is 9.94. The van der Waals surface area contributed by atoms with Crippen LogP contribution >= 0.6 is 0 Å². The molecule has 1 aliphatic carbocycles. The third kappa shape index (κ3) is 3.93. The van der Waals surface area contributed by atoms with Gasteiger partial charge in [-0.15, -0.1) is 0 Å². The van der Waals surface area contributed by atoms with Crippen LogP contribution in [0.4, 0.5) is 4.79 Å². The molecule has 1 aromatic heterocycles. The van der Waals surface area contributed by atoms with E-state index >= 15 is 0 Å². The summed E-state index contributed by atoms with van der Waals surface area (Å²) in [6.45, 7) is 5.17. The number of nitrogens with one attached hydrogen (secondary N) is 1. The highest BCUT2D eigenvalue weighted by molar-refractivity contribution is 7.89. The van der Waals surface area contributed by atoms with Gasteiger partial charge in [-0.05, 0) is 39.0 Å². The van der Waals surface area contributed by atoms with E-state index in [0.29, 0.717) is 37.0 Å². The van der Waals surface area contributed by atoms with Crippen molar-refractivity contribution in [2.45, 2.75) is 38.0 Å². The van der Waals surface area contributed by atoms with Crippen molar-refractivity contribution in [1.29, 1.82) is 0 Å². The maximum Gasteiger partial charge on any atom is 0.317 e. The molecule has 9 heteroatoms. The Morgan fingerprint density at radius 3 is 2.58 bits per heavy atom. The predicted octanol–water partition coefficient (Wildman–Crippen LogP) is 1.66. The smallest absolute Gasteiger partial charge is 0.317 e. The summed E-state index contributed by atoms with van der Waals surface area (Å²) in [6, 6.07) is -0.117. The van der Waals surface area contributed by atoms with Gasteiger partial charge in [-0.2, -0.15) is 4.31 Å². The molecule has 0 bridgehead atoms. The minimum Gasteiger partial charge on any atom is -0.360 e. The number of aromatic nitrogens is 1. The van der Waals surface area contributed by atoms with Gasteiger partial charge in [0, 0.05) is 32.7 Å². The maximum absolute atomic E-state index is 12.8. The molecule has 1 N–H and O–H groups in total. The van der Waals surface area contributed by atoms with Crippen molar-refractivity contribution in [2.24, 2.45) is 5.92 Å². The van der Waals surface area contributed by atoms with Gasteiger partial charge in [-0.25, -0.2) is 13.2 Å². The molecular formula is C17H26N4O4S. The summed E-state index contributed by atoms with van der Waals surface area (Å²) in [4.78, 5) is 14.2. The van der Waals surface area contributed by atoms with Gasteiger partial charge in [0.2, 0.25) is 10.0 Å². The van der Waals surface area contributed by atoms with Gasteiger partial charge in [0.15, 0.2) is 5.76 Å². The molecule has 1 unspecified atom stereocenters. The summed E-state index contributed by atoms with van der Waals surface area (Å²) in [5.74, 6) is 0.786. The van der Waals surface area contributed by atoms with Gasteiger partial charge < -0.3 is 14.7 Å². The van der Waals surface area contributed by atoms with Crippen LogP contribution in [0.1, 0.15) is 30.7 Å². The number of hydrogen-bond donors (Lipinski definition) is 1. The zero-order chi connectivity index (χ0) is 18.7. The predicted molar refractivity (Wildman–Crippen MR) is 96.2 cm³/mol. The summed E-state index contributed by atoms with van der Waals surface area (Å²) in [5.41, 5.74) is 0.365. The summed E-state index contributed by atoms with van der Waals surface area (Å²) < 4.78 is 32.0. The molecule has 1 aromatic rings. The van der Waals surface area contributed by atoms with E-state index in [1.54, 1.807) is 18.7 Å². The van der Waals surface area contributed by atoms with Crippen molar-refractivity contribution < 1.29 is 17.7 Å². The molecule has 2 aliphatic rings. The monoisotopic (exact) mass is 382 g/mol. The second kappa shape index (κ2) is 7.79. The fraction of sp³-hybridized carbons (Fsp3) is 0.647. The van der Waals surface area contributed by atoms with Gasteiger partial charge in [-0.1, -0.05) is 17.3 Å². The number of carbonyl (C=O) groups excluding carboxylic acids is 1. The van der Waals surface area contributed by atoms with Crippen molar-refractivity contribution in [1.82, 2.24) is 19.7 Å². The number of piperazine rings is 1. The third-order valence-electron chi connectivity index (χ3n) is 5.01. The van der Waals surface area contributed by atoms with Gasteiger partial charge in [0.05, 0.1) is 0 Å². The average molecular weight is 382 g/mol. The first-order valence-corrected chi connectivity index (χ1v) is 10.4. The number of urea groups is 1. The van der Waals surface area contributed by atoms with Crippen LogP contribution in [0.25, 0.3) is 0 Å². The minimum atomic E-state index is -3.65. The van der Waals surface area contributed by atoms with Crippen LogP contribution in [0.3, 0.4) is 0 Å². The molecule has 1 aliphatic heterocycles. The van der Waals surface area contributed by atoms with E-state index in [4.69, 9.17) is 4.52 Å². The lowest BCUT2D eigenvalue weighted by Gasteiger charge is -2.34. The summed E-state index contributed by atoms with van der Waals surface area (Å²) >= 11 is 0. The molecule has 26 heavy (non-hydrogen) atoms. The van der Waals surface area contributed by atoms with E-state index in [2.05, 4.69) is 22.6 Å². The van der Waals surface area contributed by atoms with Crippen molar-refractivity contribution >= 4 is 16.1 Å². The van der Waals surface area contributed by atoms with Crippen LogP contribution in [0.2, 0.25) is 0 Å². The summed E-state index contributed by atoms with van der Waals surface area (Å²) in [6.07, 6.45) is 7.51. The number of allylic oxidation sites excluding steroid dienone is 2. The molecule has 1 atom stereocenters. The van der Waals surface area contributed by atoms with Crippen molar-refractivity contribution in [3.05, 3.63) is 23.6 Å². The Morgan fingerprint density at radius 2 is 2.00 bits per heavy atom. The number of sulfonamides is 1. The zero-order valence-electron chi connectivity index (χ0n) is 15.3. The van der Waals surface area contributed by atoms with Gasteiger partial charge in [0.25, 0.3) is 0 Å². The van der Waals surface area contributed by atoms with E-state index in [-0.39, 0.29) is 24.0 Å². The topological polar surface area (TPSA) is 95.8 Å². The number of hydrogen-bond acceptors (Lipinski definition) is 5. The lowest BCUT2D eigenvalue weighted by molar-refractivity contribution is 0.170. The summed E-state index contributed by atoms with van der Waals surface area (Å²) in [5, 5.41) is 6.71. The average Bonchev–Trinajstić information content (AvgIpc) is 2.99. The van der Waals surface area contributed by atoms with Crippen LogP contribution in [0, 0.1) is 19.8 Å². The van der Waals surface area contributed by atoms with Crippen LogP contribution in [-0.2, 0) is 10.0 Å². The van der Waals surface area contributed by atoms with Crippen molar-refractivity contribution in [3.8, 4) is 0 Å². The largest absolute Gasteiger partial charge is 0.360 e. The first kappa shape index (κ1) is 18.9. The Morgan fingerprint density at radius 1 is 1.27 bits per heavy atom. The van der Waals surface area contributed by atoms with Gasteiger partial charge in [-0.3, -0.25) is 0 Å². The SMILES string of the molecule is Cc1noc(C)c1S(=O)(=O)N1CCN(C(=O)NCC2CC=CCC2)CC1. The molecule has 2 heterocycles. The summed E-state index contributed by atoms with van der Waals surface area (Å²) in [7, 11) is -3.65. The standard InChI is InChI=1S/C17H26N4O4S/c1-13-16(14(2)25-19-13)26(23,24)21-10-8-20(9-11-21)17(22)18-12-15-6-4-3-5-7-15/h3-4,15H,5-12H2,1-2H3,(H,18,22). The van der Waals surface area contributed by atoms with Gasteiger partial charge in [0.1, 0.15) is 10.6 Å². The second-order valence-electron chi connectivity index (χ2n) is 6.88. The maximum atomic E-state index is 12.8. The highest BCUT2D eigenvalue weighted by atomic mass is 32.2. The highest BCUT2D eigenvalue weighted by Gasteiger charge is 2.34. The number of carbonyl (C=O) groups is 1. The van der Waals surface area contributed by atoms with E-state index in [1.165, 1.54) is 4.31 Å². The Kier molecular flexibility index (Phi) is 5.67. The van der Waals surface area contributed by atoms with Crippen LogP contribution < -0.4 is 5.32 Å². The zero-order valence-corrected chi connectivity index (χ0v) is 16.1. The lowest BCUT2D eigenvalue weighted by Crippen LogP contribution is -2.53. The molecule has 8 nitrogen and oxygen atoms in total. The molecule has 0 radical (unpaired) electrons. The fourth-order valence-electron chi connectivity index (χ4n) is 3.49. The molecule has 0 spiro atoms. The molecular weight excluding hydrogens is 356 g/mol. The quantitative estimate of drug-likeness (QED) is 0.799. The van der Waals surface area contributed by atoms with Crippen LogP contribution in [0.5, 0.6) is 0 Å². The Hall–Kier alpha value is -1.87. The van der Waals surface area contributed by atoms with E-state index < -0.39 is 10.0 Å². The van der Waals surface area contributed by atoms with E-state index in [1.807, 2.05) is 0 Å². The first-order chi connectivity index (χ1) is 12.4. The Balaban J connectivity index is 1.53. The number of amides is 2. The highest BCUT2D eigenvalue weighted by Crippen LogP contribution is 2.24. The Bertz CT molecular complexity index is 759. The third-order valence-corrected chi connectivity index (χ3v) is 7.15. The Labute approximate surface area is 154 Å². The van der Waals surface area contributed by atoms with Gasteiger partial charge >= 0.3 is 6.03 Å². The van der Waals surface area contributed by atoms with Crippen molar-refractivity contribution in [3.63, 3.8) is 0 Å². The molecule has 0 aromatic carbocycles. The minimum absolute atomic E-state index is 0.117. The molecule has 3 rings (SSSR count). The number of rotatable bonds is 4. The van der Waals surface area contributed by atoms with Crippen LogP contribution in [-0.4, -0.2) is 61.5 Å². The number of aryl methyl sites for hydroxylation is 2. The fourth-order valence-corrected chi connectivity index (χ4v) is 5.20.